The fourth-order valence-corrected chi connectivity index (χ4v) is 2.95. The van der Waals surface area contributed by atoms with Crippen LogP contribution in [-0.4, -0.2) is 32.6 Å². The minimum atomic E-state index is -3.03. The van der Waals surface area contributed by atoms with Crippen LogP contribution in [0.1, 0.15) is 19.0 Å². The van der Waals surface area contributed by atoms with Gasteiger partial charge in [-0.15, -0.1) is 0 Å². The Labute approximate surface area is 141 Å². The van der Waals surface area contributed by atoms with E-state index in [-0.39, 0.29) is 5.69 Å². The third kappa shape index (κ3) is 2.49. The van der Waals surface area contributed by atoms with Gasteiger partial charge in [0, 0.05) is 49.9 Å². The molecule has 3 aromatic rings. The summed E-state index contributed by atoms with van der Waals surface area (Å²) in [4.78, 5) is 14.2. The van der Waals surface area contributed by atoms with Crippen molar-refractivity contribution in [1.29, 1.82) is 0 Å². The Balaban J connectivity index is 1.92. The topological polar surface area (TPSA) is 46.8 Å². The van der Waals surface area contributed by atoms with E-state index in [0.717, 1.165) is 49.4 Å². The van der Waals surface area contributed by atoms with Gasteiger partial charge in [-0.1, -0.05) is 11.6 Å². The lowest BCUT2D eigenvalue weighted by molar-refractivity contribution is 0.0126. The Morgan fingerprint density at radius 2 is 1.96 bits per heavy atom. The lowest BCUT2D eigenvalue weighted by Gasteiger charge is -2.32. The zero-order chi connectivity index (χ0) is 16.9. The van der Waals surface area contributed by atoms with Crippen LogP contribution >= 0.6 is 11.6 Å². The Morgan fingerprint density at radius 1 is 1.17 bits per heavy atom. The van der Waals surface area contributed by atoms with Gasteiger partial charge in [0.05, 0.1) is 11.2 Å². The Bertz CT molecular complexity index is 914. The monoisotopic (exact) mass is 349 g/mol. The van der Waals surface area contributed by atoms with Crippen LogP contribution in [0.3, 0.4) is 0 Å². The van der Waals surface area contributed by atoms with Crippen LogP contribution in [0.4, 0.5) is 14.5 Å². The summed E-state index contributed by atoms with van der Waals surface area (Å²) in [5.74, 6) is -2.65. The van der Waals surface area contributed by atoms with E-state index in [1.807, 2.05) is 6.20 Å². The highest BCUT2D eigenvalue weighted by Gasteiger charge is 2.27. The molecule has 0 aliphatic carbocycles. The Hall–Kier alpha value is -2.28. The van der Waals surface area contributed by atoms with Crippen LogP contribution in [0.5, 0.6) is 0 Å². The summed E-state index contributed by atoms with van der Waals surface area (Å²) in [5, 5.41) is 1.26. The SMILES string of the molecule is CC(F)(F)c1cc(-n2cc(N3CCC3)c3cnc(Cl)cc32)ncn1. The second-order valence-corrected chi connectivity index (χ2v) is 6.29. The molecule has 0 amide bonds. The van der Waals surface area contributed by atoms with Gasteiger partial charge in [0.1, 0.15) is 23.0 Å². The molecule has 5 nitrogen and oxygen atoms in total. The van der Waals surface area contributed by atoms with Crippen molar-refractivity contribution in [3.63, 3.8) is 0 Å². The van der Waals surface area contributed by atoms with Crippen LogP contribution in [0.15, 0.2) is 30.9 Å². The highest BCUT2D eigenvalue weighted by molar-refractivity contribution is 6.30. The molecule has 124 valence electrons. The van der Waals surface area contributed by atoms with E-state index in [1.165, 1.54) is 6.07 Å². The van der Waals surface area contributed by atoms with Gasteiger partial charge >= 0.3 is 0 Å². The quantitative estimate of drug-likeness (QED) is 0.675. The van der Waals surface area contributed by atoms with Crippen molar-refractivity contribution in [2.45, 2.75) is 19.3 Å². The molecule has 0 radical (unpaired) electrons. The van der Waals surface area contributed by atoms with Crippen LogP contribution in [0.25, 0.3) is 16.7 Å². The molecule has 4 rings (SSSR count). The number of hydrogen-bond donors (Lipinski definition) is 0. The molecule has 3 aromatic heterocycles. The van der Waals surface area contributed by atoms with Crippen molar-refractivity contribution in [2.75, 3.05) is 18.0 Å². The van der Waals surface area contributed by atoms with Gasteiger partial charge in [-0.05, 0) is 6.42 Å². The van der Waals surface area contributed by atoms with Gasteiger partial charge in [-0.25, -0.2) is 15.0 Å². The van der Waals surface area contributed by atoms with Crippen molar-refractivity contribution in [3.05, 3.63) is 41.7 Å². The standard InChI is InChI=1S/C16H14ClF2N5/c1-16(18,19)13-6-15(22-9-21-13)24-8-12(23-3-2-4-23)10-7-20-14(17)5-11(10)24/h5-9H,2-4H2,1H3. The molecule has 1 aliphatic heterocycles. The van der Waals surface area contributed by atoms with Crippen molar-refractivity contribution in [3.8, 4) is 5.82 Å². The maximum Gasteiger partial charge on any atom is 0.287 e. The number of pyridine rings is 1. The molecular formula is C16H14ClF2N5. The van der Waals surface area contributed by atoms with Crippen molar-refractivity contribution in [1.82, 2.24) is 19.5 Å². The number of alkyl halides is 2. The first-order valence-corrected chi connectivity index (χ1v) is 7.93. The van der Waals surface area contributed by atoms with Crippen molar-refractivity contribution < 1.29 is 8.78 Å². The number of fused-ring (bicyclic) bond motifs is 1. The van der Waals surface area contributed by atoms with E-state index < -0.39 is 5.92 Å². The summed E-state index contributed by atoms with van der Waals surface area (Å²) < 4.78 is 28.9. The van der Waals surface area contributed by atoms with Crippen LogP contribution < -0.4 is 4.90 Å². The van der Waals surface area contributed by atoms with Gasteiger partial charge < -0.3 is 4.90 Å². The third-order valence-electron chi connectivity index (χ3n) is 4.18. The van der Waals surface area contributed by atoms with Crippen molar-refractivity contribution >= 4 is 28.2 Å². The fraction of sp³-hybridized carbons (Fsp3) is 0.312. The molecule has 0 spiro atoms. The summed E-state index contributed by atoms with van der Waals surface area (Å²) in [5.41, 5.74) is 1.46. The number of nitrogens with zero attached hydrogens (tertiary/aromatic N) is 5. The molecular weight excluding hydrogens is 336 g/mol. The maximum atomic E-state index is 13.6. The summed E-state index contributed by atoms with van der Waals surface area (Å²) in [7, 11) is 0. The molecule has 1 saturated heterocycles. The Morgan fingerprint density at radius 3 is 2.62 bits per heavy atom. The number of hydrogen-bond acceptors (Lipinski definition) is 4. The number of rotatable bonds is 3. The fourth-order valence-electron chi connectivity index (χ4n) is 2.80. The second-order valence-electron chi connectivity index (χ2n) is 5.90. The molecule has 1 fully saturated rings. The highest BCUT2D eigenvalue weighted by Crippen LogP contribution is 2.34. The molecule has 0 bridgehead atoms. The smallest absolute Gasteiger partial charge is 0.287 e. The first-order valence-electron chi connectivity index (χ1n) is 7.56. The summed E-state index contributed by atoms with van der Waals surface area (Å²) in [6.07, 6.45) is 5.88. The molecule has 0 saturated carbocycles. The zero-order valence-corrected chi connectivity index (χ0v) is 13.6. The normalized spacial score (nSPS) is 14.9. The van der Waals surface area contributed by atoms with E-state index in [9.17, 15) is 8.78 Å². The third-order valence-corrected chi connectivity index (χ3v) is 4.39. The predicted molar refractivity (Wildman–Crippen MR) is 88.1 cm³/mol. The first kappa shape index (κ1) is 15.3. The second kappa shape index (κ2) is 5.37. The maximum absolute atomic E-state index is 13.6. The summed E-state index contributed by atoms with van der Waals surface area (Å²) >= 11 is 6.03. The van der Waals surface area contributed by atoms with E-state index in [2.05, 4.69) is 19.9 Å². The Kier molecular flexibility index (Phi) is 3.42. The van der Waals surface area contributed by atoms with Gasteiger partial charge in [0.2, 0.25) is 0 Å². The van der Waals surface area contributed by atoms with Gasteiger partial charge in [-0.3, -0.25) is 4.57 Å². The van der Waals surface area contributed by atoms with Gasteiger partial charge in [0.25, 0.3) is 5.92 Å². The average Bonchev–Trinajstić information content (AvgIpc) is 2.83. The number of aromatic nitrogens is 4. The van der Waals surface area contributed by atoms with E-state index in [1.54, 1.807) is 16.8 Å². The van der Waals surface area contributed by atoms with Crippen LogP contribution in [0.2, 0.25) is 5.15 Å². The highest BCUT2D eigenvalue weighted by atomic mass is 35.5. The van der Waals surface area contributed by atoms with Crippen LogP contribution in [0, 0.1) is 0 Å². The molecule has 0 unspecified atom stereocenters. The number of halogens is 3. The average molecular weight is 350 g/mol. The summed E-state index contributed by atoms with van der Waals surface area (Å²) in [6.45, 7) is 2.74. The molecule has 1 aliphatic rings. The van der Waals surface area contributed by atoms with E-state index >= 15 is 0 Å². The first-order chi connectivity index (χ1) is 11.4. The minimum absolute atomic E-state index is 0.319. The van der Waals surface area contributed by atoms with E-state index in [4.69, 9.17) is 11.6 Å². The number of anilines is 1. The summed E-state index contributed by atoms with van der Waals surface area (Å²) in [6, 6.07) is 3.01. The van der Waals surface area contributed by atoms with Crippen molar-refractivity contribution in [2.24, 2.45) is 0 Å². The molecule has 0 N–H and O–H groups in total. The predicted octanol–water partition coefficient (Wildman–Crippen LogP) is 3.79. The van der Waals surface area contributed by atoms with Crippen LogP contribution in [-0.2, 0) is 5.92 Å². The lowest BCUT2D eigenvalue weighted by atomic mass is 10.2. The molecule has 24 heavy (non-hydrogen) atoms. The minimum Gasteiger partial charge on any atom is -0.370 e. The lowest BCUT2D eigenvalue weighted by Crippen LogP contribution is -2.36. The molecule has 4 heterocycles. The van der Waals surface area contributed by atoms with E-state index in [0.29, 0.717) is 11.0 Å². The molecule has 8 heteroatoms. The van der Waals surface area contributed by atoms with Gasteiger partial charge in [-0.2, -0.15) is 8.78 Å². The zero-order valence-electron chi connectivity index (χ0n) is 12.9. The molecule has 0 aromatic carbocycles. The molecule has 0 atom stereocenters. The largest absolute Gasteiger partial charge is 0.370 e. The van der Waals surface area contributed by atoms with Gasteiger partial charge in [0.15, 0.2) is 0 Å².